The monoisotopic (exact) mass is 233 g/mol. The molecular formula is C7H12BrN3O. The topological polar surface area (TPSA) is 39.9 Å². The highest BCUT2D eigenvalue weighted by atomic mass is 79.9. The van der Waals surface area contributed by atoms with Crippen molar-refractivity contribution >= 4 is 15.9 Å². The third-order valence-corrected chi connectivity index (χ3v) is 2.19. The summed E-state index contributed by atoms with van der Waals surface area (Å²) >= 11 is 3.28. The Kier molecular flexibility index (Phi) is 3.68. The van der Waals surface area contributed by atoms with Crippen LogP contribution in [-0.4, -0.2) is 28.5 Å². The fraction of sp³-hybridized carbons (Fsp3) is 0.714. The van der Waals surface area contributed by atoms with E-state index in [1.165, 1.54) is 0 Å². The molecule has 0 unspecified atom stereocenters. The van der Waals surface area contributed by atoms with Crippen LogP contribution in [0.4, 0.5) is 0 Å². The largest absolute Gasteiger partial charge is 0.385 e. The normalized spacial score (nSPS) is 10.6. The van der Waals surface area contributed by atoms with Crippen molar-refractivity contribution in [1.29, 1.82) is 0 Å². The number of aryl methyl sites for hydroxylation is 2. The van der Waals surface area contributed by atoms with E-state index >= 15 is 0 Å². The summed E-state index contributed by atoms with van der Waals surface area (Å²) in [6.07, 6.45) is 1.83. The molecule has 1 aromatic rings. The van der Waals surface area contributed by atoms with Crippen LogP contribution in [0.1, 0.15) is 12.2 Å². The Morgan fingerprint density at radius 1 is 1.58 bits per heavy atom. The van der Waals surface area contributed by atoms with Crippen LogP contribution in [0.15, 0.2) is 4.73 Å². The van der Waals surface area contributed by atoms with E-state index in [4.69, 9.17) is 4.74 Å². The lowest BCUT2D eigenvalue weighted by Crippen LogP contribution is -1.96. The van der Waals surface area contributed by atoms with Gasteiger partial charge in [0.05, 0.1) is 0 Å². The summed E-state index contributed by atoms with van der Waals surface area (Å²) in [6.45, 7) is 0.760. The number of halogens is 1. The van der Waals surface area contributed by atoms with Crippen molar-refractivity contribution < 1.29 is 4.74 Å². The molecule has 0 radical (unpaired) electrons. The number of hydrogen-bond acceptors (Lipinski definition) is 3. The van der Waals surface area contributed by atoms with Gasteiger partial charge in [-0.1, -0.05) is 0 Å². The summed E-state index contributed by atoms with van der Waals surface area (Å²) < 4.78 is 7.41. The van der Waals surface area contributed by atoms with Gasteiger partial charge in [-0.15, -0.1) is 0 Å². The third kappa shape index (κ3) is 2.57. The number of aromatic nitrogens is 3. The minimum Gasteiger partial charge on any atom is -0.385 e. The van der Waals surface area contributed by atoms with Crippen molar-refractivity contribution in [2.45, 2.75) is 12.8 Å². The van der Waals surface area contributed by atoms with Gasteiger partial charge in [-0.25, -0.2) is 9.67 Å². The quantitative estimate of drug-likeness (QED) is 0.734. The van der Waals surface area contributed by atoms with Crippen molar-refractivity contribution in [3.63, 3.8) is 0 Å². The first-order valence-electron chi connectivity index (χ1n) is 3.78. The minimum absolute atomic E-state index is 0.760. The lowest BCUT2D eigenvalue weighted by atomic mass is 10.3. The lowest BCUT2D eigenvalue weighted by molar-refractivity contribution is 0.194. The molecule has 0 aliphatic heterocycles. The molecule has 68 valence electrons. The fourth-order valence-corrected chi connectivity index (χ4v) is 1.18. The number of nitrogens with zero attached hydrogens (tertiary/aromatic N) is 3. The molecule has 0 fully saturated rings. The maximum atomic E-state index is 4.93. The van der Waals surface area contributed by atoms with Crippen molar-refractivity contribution in [3.8, 4) is 0 Å². The average Bonchev–Trinajstić information content (AvgIpc) is 2.32. The maximum absolute atomic E-state index is 4.93. The Morgan fingerprint density at radius 2 is 2.33 bits per heavy atom. The van der Waals surface area contributed by atoms with E-state index in [2.05, 4.69) is 26.0 Å². The lowest BCUT2D eigenvalue weighted by Gasteiger charge is -1.93. The molecule has 0 saturated heterocycles. The molecule has 1 heterocycles. The molecule has 0 aliphatic carbocycles. The van der Waals surface area contributed by atoms with E-state index in [9.17, 15) is 0 Å². The second-order valence-electron chi connectivity index (χ2n) is 2.52. The van der Waals surface area contributed by atoms with Gasteiger partial charge in [-0.3, -0.25) is 0 Å². The van der Waals surface area contributed by atoms with Crippen LogP contribution in [0, 0.1) is 0 Å². The zero-order valence-electron chi connectivity index (χ0n) is 7.25. The number of rotatable bonds is 4. The van der Waals surface area contributed by atoms with Crippen molar-refractivity contribution in [2.75, 3.05) is 13.7 Å². The van der Waals surface area contributed by atoms with Gasteiger partial charge in [-0.2, -0.15) is 5.10 Å². The third-order valence-electron chi connectivity index (χ3n) is 1.50. The molecule has 0 N–H and O–H groups in total. The molecular weight excluding hydrogens is 222 g/mol. The summed E-state index contributed by atoms with van der Waals surface area (Å²) in [5, 5.41) is 4.19. The van der Waals surface area contributed by atoms with E-state index < -0.39 is 0 Å². The summed E-state index contributed by atoms with van der Waals surface area (Å²) in [5.41, 5.74) is 0. The first-order chi connectivity index (χ1) is 5.74. The van der Waals surface area contributed by atoms with Crippen LogP contribution in [0.3, 0.4) is 0 Å². The first-order valence-corrected chi connectivity index (χ1v) is 4.57. The Labute approximate surface area is 80.1 Å². The predicted octanol–water partition coefficient (Wildman–Crippen LogP) is 1.16. The molecule has 1 rings (SSSR count). The Bertz CT molecular complexity index is 229. The Hall–Kier alpha value is -0.420. The number of hydrogen-bond donors (Lipinski definition) is 0. The Balaban J connectivity index is 2.42. The van der Waals surface area contributed by atoms with Crippen LogP contribution in [0.25, 0.3) is 0 Å². The molecule has 0 aliphatic rings. The summed E-state index contributed by atoms with van der Waals surface area (Å²) in [4.78, 5) is 4.19. The van der Waals surface area contributed by atoms with E-state index in [1.54, 1.807) is 11.8 Å². The fourth-order valence-electron chi connectivity index (χ4n) is 0.896. The van der Waals surface area contributed by atoms with Crippen LogP contribution in [0.2, 0.25) is 0 Å². The number of methoxy groups -OCH3 is 1. The summed E-state index contributed by atoms with van der Waals surface area (Å²) in [7, 11) is 3.55. The average molecular weight is 234 g/mol. The minimum atomic E-state index is 0.760. The van der Waals surface area contributed by atoms with Crippen LogP contribution in [0.5, 0.6) is 0 Å². The molecule has 12 heavy (non-hydrogen) atoms. The molecule has 4 nitrogen and oxygen atoms in total. The maximum Gasteiger partial charge on any atom is 0.195 e. The van der Waals surface area contributed by atoms with E-state index in [1.807, 2.05) is 7.05 Å². The van der Waals surface area contributed by atoms with Crippen LogP contribution < -0.4 is 0 Å². The van der Waals surface area contributed by atoms with Gasteiger partial charge >= 0.3 is 0 Å². The van der Waals surface area contributed by atoms with E-state index in [0.29, 0.717) is 0 Å². The van der Waals surface area contributed by atoms with Gasteiger partial charge in [0, 0.05) is 27.2 Å². The molecule has 0 amide bonds. The standard InChI is InChI=1S/C7H12BrN3O/c1-11-7(8)9-6(10-11)4-3-5-12-2/h3-5H2,1-2H3. The van der Waals surface area contributed by atoms with Gasteiger partial charge in [-0.05, 0) is 22.4 Å². The number of ether oxygens (including phenoxy) is 1. The molecule has 0 bridgehead atoms. The van der Waals surface area contributed by atoms with Crippen molar-refractivity contribution in [3.05, 3.63) is 10.6 Å². The van der Waals surface area contributed by atoms with Gasteiger partial charge < -0.3 is 4.74 Å². The molecule has 1 aromatic heterocycles. The van der Waals surface area contributed by atoms with Gasteiger partial charge in [0.15, 0.2) is 10.6 Å². The Morgan fingerprint density at radius 3 is 2.83 bits per heavy atom. The van der Waals surface area contributed by atoms with Crippen LogP contribution in [-0.2, 0) is 18.2 Å². The van der Waals surface area contributed by atoms with E-state index in [0.717, 1.165) is 30.0 Å². The van der Waals surface area contributed by atoms with Crippen molar-refractivity contribution in [2.24, 2.45) is 7.05 Å². The highest BCUT2D eigenvalue weighted by Crippen LogP contribution is 2.05. The molecule has 0 saturated carbocycles. The second kappa shape index (κ2) is 4.57. The zero-order chi connectivity index (χ0) is 8.97. The molecule has 0 aromatic carbocycles. The SMILES string of the molecule is COCCCc1nc(Br)n(C)n1. The summed E-state index contributed by atoms with van der Waals surface area (Å²) in [6, 6.07) is 0. The smallest absolute Gasteiger partial charge is 0.195 e. The highest BCUT2D eigenvalue weighted by Gasteiger charge is 2.02. The highest BCUT2D eigenvalue weighted by molar-refractivity contribution is 9.10. The first kappa shape index (κ1) is 9.67. The van der Waals surface area contributed by atoms with Gasteiger partial charge in [0.1, 0.15) is 0 Å². The molecule has 5 heteroatoms. The zero-order valence-corrected chi connectivity index (χ0v) is 8.84. The van der Waals surface area contributed by atoms with Crippen molar-refractivity contribution in [1.82, 2.24) is 14.8 Å². The second-order valence-corrected chi connectivity index (χ2v) is 3.23. The van der Waals surface area contributed by atoms with Gasteiger partial charge in [0.2, 0.25) is 0 Å². The van der Waals surface area contributed by atoms with Crippen LogP contribution >= 0.6 is 15.9 Å². The predicted molar refractivity (Wildman–Crippen MR) is 48.9 cm³/mol. The molecule has 0 atom stereocenters. The molecule has 0 spiro atoms. The summed E-state index contributed by atoms with van der Waals surface area (Å²) in [5.74, 6) is 0.862. The van der Waals surface area contributed by atoms with E-state index in [-0.39, 0.29) is 0 Å². The van der Waals surface area contributed by atoms with Gasteiger partial charge in [0.25, 0.3) is 0 Å².